The number of aromatic nitrogens is 1. The molecule has 3 amide bonds. The molecule has 1 aromatic heterocycles. The number of piperidine rings is 1. The standard InChI is InChI=1S/C25H24ClF4N5O3/c26-19-17(28)6-16(27)14-5-18(34-20(14)19)24(38)35-10-12-7-25(29,30)8-15(12)21(35)23(37)33-13(9-31)4-11-2-1-3-32-22(11)36/h5-6,11-13,15,21,34H,1-4,7-8,10H2,(H,32,36)(H,33,37)/t11-,12+,13+,15+,21+/m0/s1. The van der Waals surface area contributed by atoms with Gasteiger partial charge in [-0.25, -0.2) is 17.6 Å². The maximum Gasteiger partial charge on any atom is 0.271 e. The van der Waals surface area contributed by atoms with Gasteiger partial charge in [-0.15, -0.1) is 0 Å². The van der Waals surface area contributed by atoms with Crippen LogP contribution in [0.5, 0.6) is 0 Å². The normalized spacial score (nSPS) is 27.1. The quantitative estimate of drug-likeness (QED) is 0.388. The van der Waals surface area contributed by atoms with Gasteiger partial charge in [0.1, 0.15) is 34.4 Å². The zero-order chi connectivity index (χ0) is 27.4. The highest BCUT2D eigenvalue weighted by Crippen LogP contribution is 2.50. The van der Waals surface area contributed by atoms with Crippen LogP contribution < -0.4 is 10.6 Å². The molecule has 8 nitrogen and oxygen atoms in total. The molecule has 3 fully saturated rings. The molecule has 5 rings (SSSR count). The highest BCUT2D eigenvalue weighted by atomic mass is 35.5. The molecule has 1 aliphatic carbocycles. The number of aromatic amines is 1. The van der Waals surface area contributed by atoms with Gasteiger partial charge in [0.2, 0.25) is 17.7 Å². The van der Waals surface area contributed by atoms with Crippen molar-refractivity contribution in [3.8, 4) is 6.07 Å². The van der Waals surface area contributed by atoms with Crippen molar-refractivity contribution in [2.75, 3.05) is 13.1 Å². The van der Waals surface area contributed by atoms with Gasteiger partial charge in [0.25, 0.3) is 5.91 Å². The second-order valence-corrected chi connectivity index (χ2v) is 10.7. The number of amides is 3. The molecule has 0 radical (unpaired) electrons. The monoisotopic (exact) mass is 553 g/mol. The summed E-state index contributed by atoms with van der Waals surface area (Å²) in [7, 11) is 0. The lowest BCUT2D eigenvalue weighted by Gasteiger charge is -2.29. The Morgan fingerprint density at radius 2 is 2.03 bits per heavy atom. The summed E-state index contributed by atoms with van der Waals surface area (Å²) in [6.07, 6.45) is 0.203. The van der Waals surface area contributed by atoms with Gasteiger partial charge in [0.05, 0.1) is 11.6 Å². The SMILES string of the molecule is N#C[C@@H](C[C@@H]1CCCNC1=O)NC(=O)[C@H]1[C@@H]2CC(F)(F)C[C@@H]2CN1C(=O)c1cc2c(F)cc(F)c(Cl)c2[nH]1. The lowest BCUT2D eigenvalue weighted by molar-refractivity contribution is -0.129. The van der Waals surface area contributed by atoms with Gasteiger partial charge in [0, 0.05) is 43.3 Å². The van der Waals surface area contributed by atoms with E-state index in [-0.39, 0.29) is 35.5 Å². The Balaban J connectivity index is 1.41. The molecule has 202 valence electrons. The number of hydrogen-bond donors (Lipinski definition) is 3. The Labute approximate surface area is 219 Å². The van der Waals surface area contributed by atoms with Gasteiger partial charge in [-0.05, 0) is 37.2 Å². The van der Waals surface area contributed by atoms with Crippen molar-refractivity contribution < 1.29 is 31.9 Å². The summed E-state index contributed by atoms with van der Waals surface area (Å²) in [5, 5.41) is 14.3. The van der Waals surface area contributed by atoms with Crippen LogP contribution in [0.1, 0.15) is 42.6 Å². The van der Waals surface area contributed by atoms with E-state index in [1.165, 1.54) is 0 Å². The van der Waals surface area contributed by atoms with Crippen LogP contribution in [-0.4, -0.2) is 58.7 Å². The van der Waals surface area contributed by atoms with Crippen LogP contribution in [0.4, 0.5) is 17.6 Å². The molecule has 13 heteroatoms. The van der Waals surface area contributed by atoms with E-state index in [0.717, 1.165) is 17.4 Å². The van der Waals surface area contributed by atoms with Gasteiger partial charge in [0.15, 0.2) is 0 Å². The van der Waals surface area contributed by atoms with Crippen LogP contribution in [0.25, 0.3) is 10.9 Å². The smallest absolute Gasteiger partial charge is 0.271 e. The van der Waals surface area contributed by atoms with E-state index in [4.69, 9.17) is 11.6 Å². The van der Waals surface area contributed by atoms with Crippen LogP contribution in [0.3, 0.4) is 0 Å². The van der Waals surface area contributed by atoms with Crippen LogP contribution >= 0.6 is 11.6 Å². The second kappa shape index (κ2) is 9.76. The minimum Gasteiger partial charge on any atom is -0.356 e. The maximum absolute atomic E-state index is 14.3. The van der Waals surface area contributed by atoms with Crippen LogP contribution in [-0.2, 0) is 9.59 Å². The number of nitriles is 1. The molecule has 2 saturated heterocycles. The molecule has 3 aliphatic rings. The molecule has 0 bridgehead atoms. The minimum atomic E-state index is -3.01. The number of fused-ring (bicyclic) bond motifs is 2. The summed E-state index contributed by atoms with van der Waals surface area (Å²) in [6.45, 7) is 0.379. The number of benzene rings is 1. The van der Waals surface area contributed by atoms with E-state index >= 15 is 0 Å². The summed E-state index contributed by atoms with van der Waals surface area (Å²) < 4.78 is 56.8. The third-order valence-electron chi connectivity index (χ3n) is 7.78. The lowest BCUT2D eigenvalue weighted by Crippen LogP contribution is -2.52. The Hall–Kier alpha value is -3.33. The Morgan fingerprint density at radius 3 is 2.74 bits per heavy atom. The number of rotatable bonds is 5. The van der Waals surface area contributed by atoms with E-state index < -0.39 is 77.1 Å². The summed E-state index contributed by atoms with van der Waals surface area (Å²) in [6, 6.07) is 1.28. The average molecular weight is 554 g/mol. The highest BCUT2D eigenvalue weighted by molar-refractivity contribution is 6.35. The molecule has 1 aromatic carbocycles. The van der Waals surface area contributed by atoms with Gasteiger partial charge in [-0.3, -0.25) is 14.4 Å². The van der Waals surface area contributed by atoms with Crippen LogP contribution in [0, 0.1) is 40.7 Å². The minimum absolute atomic E-state index is 0.0460. The van der Waals surface area contributed by atoms with Gasteiger partial charge in [-0.2, -0.15) is 5.26 Å². The molecule has 38 heavy (non-hydrogen) atoms. The van der Waals surface area contributed by atoms with E-state index in [1.54, 1.807) is 0 Å². The van der Waals surface area contributed by atoms with E-state index in [1.807, 2.05) is 6.07 Å². The topological polar surface area (TPSA) is 118 Å². The van der Waals surface area contributed by atoms with Crippen molar-refractivity contribution >= 4 is 40.2 Å². The number of alkyl halides is 2. The first-order valence-corrected chi connectivity index (χ1v) is 12.7. The number of likely N-dealkylation sites (tertiary alicyclic amines) is 1. The van der Waals surface area contributed by atoms with Crippen molar-refractivity contribution in [1.82, 2.24) is 20.5 Å². The highest BCUT2D eigenvalue weighted by Gasteiger charge is 2.58. The van der Waals surface area contributed by atoms with Gasteiger partial charge in [-0.1, -0.05) is 11.6 Å². The molecule has 0 unspecified atom stereocenters. The molecule has 3 N–H and O–H groups in total. The number of nitrogens with one attached hydrogen (secondary N) is 3. The number of hydrogen-bond acceptors (Lipinski definition) is 4. The summed E-state index contributed by atoms with van der Waals surface area (Å²) in [5.41, 5.74) is -0.332. The fourth-order valence-corrected chi connectivity index (χ4v) is 6.25. The Kier molecular flexibility index (Phi) is 6.75. The molecule has 2 aliphatic heterocycles. The van der Waals surface area contributed by atoms with E-state index in [0.29, 0.717) is 19.0 Å². The fourth-order valence-electron chi connectivity index (χ4n) is 6.05. The zero-order valence-corrected chi connectivity index (χ0v) is 20.8. The molecule has 3 heterocycles. The number of carbonyl (C=O) groups is 3. The molecule has 5 atom stereocenters. The fraction of sp³-hybridized carbons (Fsp3) is 0.520. The molecule has 0 spiro atoms. The molecular formula is C25H24ClF4N5O3. The lowest BCUT2D eigenvalue weighted by atomic mass is 9.90. The first-order chi connectivity index (χ1) is 18.0. The third kappa shape index (κ3) is 4.68. The molecular weight excluding hydrogens is 530 g/mol. The first-order valence-electron chi connectivity index (χ1n) is 12.3. The second-order valence-electron chi connectivity index (χ2n) is 10.3. The van der Waals surface area contributed by atoms with E-state index in [2.05, 4.69) is 15.6 Å². The number of nitrogens with zero attached hydrogens (tertiary/aromatic N) is 2. The molecule has 2 aromatic rings. The zero-order valence-electron chi connectivity index (χ0n) is 20.0. The average Bonchev–Trinajstić information content (AvgIpc) is 3.53. The first kappa shape index (κ1) is 26.3. The predicted octanol–water partition coefficient (Wildman–Crippen LogP) is 3.51. The van der Waals surface area contributed by atoms with Gasteiger partial charge < -0.3 is 20.5 Å². The van der Waals surface area contributed by atoms with Crippen molar-refractivity contribution in [2.24, 2.45) is 17.8 Å². The van der Waals surface area contributed by atoms with Crippen molar-refractivity contribution in [1.29, 1.82) is 5.26 Å². The maximum atomic E-state index is 14.3. The molecule has 1 saturated carbocycles. The van der Waals surface area contributed by atoms with Crippen LogP contribution in [0.2, 0.25) is 5.02 Å². The summed E-state index contributed by atoms with van der Waals surface area (Å²) >= 11 is 5.92. The van der Waals surface area contributed by atoms with Crippen molar-refractivity contribution in [3.05, 3.63) is 34.5 Å². The third-order valence-corrected chi connectivity index (χ3v) is 8.15. The van der Waals surface area contributed by atoms with E-state index in [9.17, 15) is 37.2 Å². The summed E-state index contributed by atoms with van der Waals surface area (Å²) in [4.78, 5) is 42.8. The van der Waals surface area contributed by atoms with Crippen LogP contribution in [0.15, 0.2) is 12.1 Å². The number of carbonyl (C=O) groups excluding carboxylic acids is 3. The van der Waals surface area contributed by atoms with Crippen molar-refractivity contribution in [3.63, 3.8) is 0 Å². The number of halogens is 5. The van der Waals surface area contributed by atoms with Crippen molar-refractivity contribution in [2.45, 2.75) is 50.1 Å². The Bertz CT molecular complexity index is 1360. The Morgan fingerprint density at radius 1 is 1.26 bits per heavy atom. The predicted molar refractivity (Wildman–Crippen MR) is 127 cm³/mol. The largest absolute Gasteiger partial charge is 0.356 e. The summed E-state index contributed by atoms with van der Waals surface area (Å²) in [5.74, 6) is -8.77. The van der Waals surface area contributed by atoms with Gasteiger partial charge >= 0.3 is 0 Å². The number of H-pyrrole nitrogens is 1.